The average Bonchev–Trinajstić information content (AvgIpc) is 2.88. The normalized spacial score (nSPS) is 10.1. The van der Waals surface area contributed by atoms with E-state index in [1.807, 2.05) is 6.92 Å². The first-order valence-electron chi connectivity index (χ1n) is 5.97. The maximum absolute atomic E-state index is 11.8. The number of amides is 2. The Bertz CT molecular complexity index is 686. The molecule has 2 rings (SSSR count). The molecule has 1 aromatic carbocycles. The van der Waals surface area contributed by atoms with E-state index in [0.29, 0.717) is 11.6 Å². The number of nitrogens with zero attached hydrogens (tertiary/aromatic N) is 2. The lowest BCUT2D eigenvalue weighted by molar-refractivity contribution is 0.0694. The van der Waals surface area contributed by atoms with Crippen LogP contribution in [0.5, 0.6) is 5.75 Å². The Kier molecular flexibility index (Phi) is 4.33. The number of anilines is 2. The predicted molar refractivity (Wildman–Crippen MR) is 77.0 cm³/mol. The van der Waals surface area contributed by atoms with Gasteiger partial charge in [-0.15, -0.1) is 10.2 Å². The third-order valence-corrected chi connectivity index (χ3v) is 3.49. The molecular formula is C12H12N4O4S. The van der Waals surface area contributed by atoms with Gasteiger partial charge in [0.05, 0.1) is 5.69 Å². The first kappa shape index (κ1) is 14.7. The number of carboxylic acids is 1. The number of nitrogens with one attached hydrogen (secondary N) is 2. The summed E-state index contributed by atoms with van der Waals surface area (Å²) in [6.45, 7) is 1.92. The van der Waals surface area contributed by atoms with E-state index in [9.17, 15) is 14.7 Å². The summed E-state index contributed by atoms with van der Waals surface area (Å²) in [5, 5.41) is 32.2. The van der Waals surface area contributed by atoms with Gasteiger partial charge in [0.2, 0.25) is 5.13 Å². The number of aromatic carboxylic acids is 1. The molecule has 0 fully saturated rings. The van der Waals surface area contributed by atoms with Crippen molar-refractivity contribution in [2.75, 3.05) is 10.6 Å². The minimum Gasteiger partial charge on any atom is -0.505 e. The molecule has 0 atom stereocenters. The second-order valence-electron chi connectivity index (χ2n) is 3.94. The predicted octanol–water partition coefficient (Wildman–Crippen LogP) is 2.15. The van der Waals surface area contributed by atoms with Crippen molar-refractivity contribution < 1.29 is 19.8 Å². The highest BCUT2D eigenvalue weighted by atomic mass is 32.1. The van der Waals surface area contributed by atoms with Gasteiger partial charge in [-0.25, -0.2) is 9.59 Å². The van der Waals surface area contributed by atoms with Crippen molar-refractivity contribution >= 4 is 34.2 Å². The molecule has 2 amide bonds. The van der Waals surface area contributed by atoms with Crippen molar-refractivity contribution in [1.82, 2.24) is 10.2 Å². The Morgan fingerprint density at radius 3 is 2.67 bits per heavy atom. The SMILES string of the molecule is CCc1nnc(NC(=O)Nc2cccc(C(=O)O)c2O)s1. The number of urea groups is 1. The Labute approximate surface area is 123 Å². The monoisotopic (exact) mass is 308 g/mol. The number of benzene rings is 1. The zero-order chi connectivity index (χ0) is 15.4. The van der Waals surface area contributed by atoms with E-state index in [4.69, 9.17) is 5.11 Å². The highest BCUT2D eigenvalue weighted by Gasteiger charge is 2.15. The molecule has 4 N–H and O–H groups in total. The van der Waals surface area contributed by atoms with Crippen LogP contribution in [-0.2, 0) is 6.42 Å². The summed E-state index contributed by atoms with van der Waals surface area (Å²) < 4.78 is 0. The summed E-state index contributed by atoms with van der Waals surface area (Å²) in [4.78, 5) is 22.7. The van der Waals surface area contributed by atoms with Crippen molar-refractivity contribution in [3.05, 3.63) is 28.8 Å². The van der Waals surface area contributed by atoms with E-state index in [2.05, 4.69) is 20.8 Å². The van der Waals surface area contributed by atoms with Gasteiger partial charge in [-0.1, -0.05) is 24.3 Å². The summed E-state index contributed by atoms with van der Waals surface area (Å²) in [6.07, 6.45) is 0.711. The van der Waals surface area contributed by atoms with Crippen LogP contribution in [0.2, 0.25) is 0 Å². The van der Waals surface area contributed by atoms with Crippen LogP contribution < -0.4 is 10.6 Å². The molecule has 0 bridgehead atoms. The molecule has 0 aliphatic rings. The van der Waals surface area contributed by atoms with Gasteiger partial charge >= 0.3 is 12.0 Å². The lowest BCUT2D eigenvalue weighted by Gasteiger charge is -2.08. The van der Waals surface area contributed by atoms with Gasteiger partial charge in [0.15, 0.2) is 5.75 Å². The van der Waals surface area contributed by atoms with Crippen LogP contribution in [-0.4, -0.2) is 32.4 Å². The molecule has 0 unspecified atom stereocenters. The second-order valence-corrected chi connectivity index (χ2v) is 5.00. The van der Waals surface area contributed by atoms with Crippen molar-refractivity contribution in [3.8, 4) is 5.75 Å². The number of phenols is 1. The number of carboxylic acid groups (broad SMARTS) is 1. The van der Waals surface area contributed by atoms with E-state index in [0.717, 1.165) is 5.01 Å². The smallest absolute Gasteiger partial charge is 0.339 e. The van der Waals surface area contributed by atoms with Gasteiger partial charge in [0.1, 0.15) is 10.6 Å². The van der Waals surface area contributed by atoms with Gasteiger partial charge in [0.25, 0.3) is 0 Å². The molecule has 9 heteroatoms. The molecule has 0 saturated heterocycles. The number of aromatic hydroxyl groups is 1. The summed E-state index contributed by atoms with van der Waals surface area (Å²) in [7, 11) is 0. The molecule has 0 aliphatic carbocycles. The largest absolute Gasteiger partial charge is 0.505 e. The van der Waals surface area contributed by atoms with Crippen LogP contribution in [0.4, 0.5) is 15.6 Å². The number of carbonyl (C=O) groups excluding carboxylic acids is 1. The molecule has 1 heterocycles. The van der Waals surface area contributed by atoms with Crippen molar-refractivity contribution in [2.24, 2.45) is 0 Å². The fraction of sp³-hybridized carbons (Fsp3) is 0.167. The van der Waals surface area contributed by atoms with Gasteiger partial charge in [-0.05, 0) is 18.6 Å². The van der Waals surface area contributed by atoms with Crippen molar-refractivity contribution in [3.63, 3.8) is 0 Å². The van der Waals surface area contributed by atoms with Crippen LogP contribution in [0.1, 0.15) is 22.3 Å². The average molecular weight is 308 g/mol. The highest BCUT2D eigenvalue weighted by molar-refractivity contribution is 7.15. The van der Waals surface area contributed by atoms with Crippen LogP contribution in [0.3, 0.4) is 0 Å². The van der Waals surface area contributed by atoms with E-state index < -0.39 is 17.7 Å². The minimum atomic E-state index is -1.28. The molecule has 110 valence electrons. The molecule has 8 nitrogen and oxygen atoms in total. The topological polar surface area (TPSA) is 124 Å². The number of aromatic nitrogens is 2. The Balaban J connectivity index is 2.09. The van der Waals surface area contributed by atoms with E-state index in [1.165, 1.54) is 29.5 Å². The molecule has 0 spiro atoms. The third-order valence-electron chi connectivity index (χ3n) is 2.50. The van der Waals surface area contributed by atoms with Gasteiger partial charge in [-0.2, -0.15) is 0 Å². The molecule has 21 heavy (non-hydrogen) atoms. The lowest BCUT2D eigenvalue weighted by Crippen LogP contribution is -2.19. The number of hydrogen-bond acceptors (Lipinski definition) is 6. The standard InChI is InChI=1S/C12H12N4O4S/c1-2-8-15-16-12(21-8)14-11(20)13-7-5-3-4-6(9(7)17)10(18)19/h3-5,17H,2H2,1H3,(H,18,19)(H2,13,14,16,20). The maximum atomic E-state index is 11.8. The van der Waals surface area contributed by atoms with Crippen LogP contribution in [0.25, 0.3) is 0 Å². The molecule has 0 aliphatic heterocycles. The van der Waals surface area contributed by atoms with Crippen LogP contribution in [0, 0.1) is 0 Å². The Morgan fingerprint density at radius 1 is 1.29 bits per heavy atom. The van der Waals surface area contributed by atoms with Gasteiger partial charge in [-0.3, -0.25) is 5.32 Å². The maximum Gasteiger partial charge on any atom is 0.339 e. The van der Waals surface area contributed by atoms with Gasteiger partial charge < -0.3 is 15.5 Å². The zero-order valence-electron chi connectivity index (χ0n) is 11.0. The fourth-order valence-corrected chi connectivity index (χ4v) is 2.19. The molecule has 0 saturated carbocycles. The number of hydrogen-bond donors (Lipinski definition) is 4. The Hall–Kier alpha value is -2.68. The first-order chi connectivity index (χ1) is 10.0. The number of aryl methyl sites for hydroxylation is 1. The lowest BCUT2D eigenvalue weighted by atomic mass is 10.2. The quantitative estimate of drug-likeness (QED) is 0.641. The zero-order valence-corrected chi connectivity index (χ0v) is 11.8. The molecular weight excluding hydrogens is 296 g/mol. The molecule has 1 aromatic heterocycles. The fourth-order valence-electron chi connectivity index (χ4n) is 1.51. The van der Waals surface area contributed by atoms with E-state index in [-0.39, 0.29) is 11.3 Å². The number of carbonyl (C=O) groups is 2. The van der Waals surface area contributed by atoms with E-state index >= 15 is 0 Å². The molecule has 0 radical (unpaired) electrons. The number of para-hydroxylation sites is 1. The highest BCUT2D eigenvalue weighted by Crippen LogP contribution is 2.27. The van der Waals surface area contributed by atoms with Crippen molar-refractivity contribution in [1.29, 1.82) is 0 Å². The second kappa shape index (κ2) is 6.18. The minimum absolute atomic E-state index is 0.00682. The van der Waals surface area contributed by atoms with E-state index in [1.54, 1.807) is 0 Å². The Morgan fingerprint density at radius 2 is 2.05 bits per heavy atom. The van der Waals surface area contributed by atoms with Crippen LogP contribution >= 0.6 is 11.3 Å². The van der Waals surface area contributed by atoms with Crippen molar-refractivity contribution in [2.45, 2.75) is 13.3 Å². The number of rotatable bonds is 4. The summed E-state index contributed by atoms with van der Waals surface area (Å²) in [5.74, 6) is -1.79. The summed E-state index contributed by atoms with van der Waals surface area (Å²) >= 11 is 1.23. The third kappa shape index (κ3) is 3.45. The van der Waals surface area contributed by atoms with Crippen LogP contribution in [0.15, 0.2) is 18.2 Å². The molecule has 2 aromatic rings. The van der Waals surface area contributed by atoms with Gasteiger partial charge in [0, 0.05) is 0 Å². The summed E-state index contributed by atoms with van der Waals surface area (Å²) in [5.41, 5.74) is -0.301. The summed E-state index contributed by atoms with van der Waals surface area (Å²) in [6, 6.07) is 3.39. The first-order valence-corrected chi connectivity index (χ1v) is 6.78.